The lowest BCUT2D eigenvalue weighted by atomic mass is 9.73. The Kier molecular flexibility index (Phi) is 8.30. The Balaban J connectivity index is 1.09. The largest absolute Gasteiger partial charge is 0.486 e. The highest BCUT2D eigenvalue weighted by atomic mass is 32.2. The Labute approximate surface area is 246 Å². The summed E-state index contributed by atoms with van der Waals surface area (Å²) in [5.41, 5.74) is 9.20. The summed E-state index contributed by atoms with van der Waals surface area (Å²) < 4.78 is 16.9. The second kappa shape index (κ2) is 12.1. The molecule has 5 heterocycles. The number of rotatable bonds is 8. The van der Waals surface area contributed by atoms with Crippen LogP contribution in [0.5, 0.6) is 5.75 Å². The second-order valence-corrected chi connectivity index (χ2v) is 12.5. The maximum atomic E-state index is 6.73. The van der Waals surface area contributed by atoms with Crippen LogP contribution >= 0.6 is 11.8 Å². The van der Waals surface area contributed by atoms with Gasteiger partial charge in [-0.05, 0) is 62.4 Å². The third kappa shape index (κ3) is 5.60. The maximum Gasteiger partial charge on any atom is 0.175 e. The number of ether oxygens (including phenoxy) is 3. The molecule has 2 fully saturated rings. The molecule has 6 rings (SSSR count). The molecule has 3 atom stereocenters. The van der Waals surface area contributed by atoms with Gasteiger partial charge in [0.05, 0.1) is 23.7 Å². The quantitative estimate of drug-likeness (QED) is 0.163. The van der Waals surface area contributed by atoms with E-state index in [1.54, 1.807) is 13.3 Å². The molecule has 1 aliphatic carbocycles. The van der Waals surface area contributed by atoms with Crippen molar-refractivity contribution >= 4 is 30.1 Å². The summed E-state index contributed by atoms with van der Waals surface area (Å²) in [6.45, 7) is 10.2. The van der Waals surface area contributed by atoms with Crippen LogP contribution in [0.15, 0.2) is 56.7 Å². The first-order valence-electron chi connectivity index (χ1n) is 14.3. The number of thioether (sulfide) groups is 1. The summed E-state index contributed by atoms with van der Waals surface area (Å²) in [6, 6.07) is 6.46. The minimum absolute atomic E-state index is 0.0534. The molecule has 0 amide bonds. The first-order chi connectivity index (χ1) is 20.0. The monoisotopic (exact) mass is 577 g/mol. The fraction of sp³-hybridized carbons (Fsp3) is 0.533. The predicted octanol–water partition coefficient (Wildman–Crippen LogP) is 4.03. The summed E-state index contributed by atoms with van der Waals surface area (Å²) in [4.78, 5) is 24.0. The number of amidine groups is 1. The lowest BCUT2D eigenvalue weighted by molar-refractivity contribution is -0.0414. The summed E-state index contributed by atoms with van der Waals surface area (Å²) in [5.74, 6) is 3.07. The van der Waals surface area contributed by atoms with Crippen LogP contribution in [0.25, 0.3) is 0 Å². The molecule has 218 valence electrons. The van der Waals surface area contributed by atoms with E-state index in [-0.39, 0.29) is 11.5 Å². The van der Waals surface area contributed by atoms with Crippen LogP contribution < -0.4 is 15.4 Å². The number of hydrogen-bond acceptors (Lipinski definition) is 10. The van der Waals surface area contributed by atoms with Crippen molar-refractivity contribution in [3.8, 4) is 5.75 Å². The van der Waals surface area contributed by atoms with E-state index in [0.29, 0.717) is 37.0 Å². The standard InChI is InChI=1S/C30H39N7O3S/c1-20(36-11-7-30(8-12-36)14-24-23(28(30)31)5-4-9-33-24)35-15-26(32-2)41-25-6-10-34-29-27(25)40-18-22-13-21(16-37(22)29)17-39-19-38-3/h4-6,9-10,15,21-22,28H,2,7-8,11-14,16-19,31H2,1,3H3/b26-15+,35-20?/t21?,22-,28+/m0/s1. The van der Waals surface area contributed by atoms with Gasteiger partial charge in [-0.25, -0.2) is 9.98 Å². The third-order valence-electron chi connectivity index (χ3n) is 8.99. The Morgan fingerprint density at radius 3 is 2.93 bits per heavy atom. The van der Waals surface area contributed by atoms with Gasteiger partial charge in [0.25, 0.3) is 0 Å². The minimum Gasteiger partial charge on any atom is -0.486 e. The lowest BCUT2D eigenvalue weighted by Gasteiger charge is -2.42. The van der Waals surface area contributed by atoms with Crippen molar-refractivity contribution in [3.05, 3.63) is 53.1 Å². The number of pyridine rings is 2. The number of likely N-dealkylation sites (tertiary alicyclic amines) is 1. The van der Waals surface area contributed by atoms with Gasteiger partial charge in [0.15, 0.2) is 11.6 Å². The van der Waals surface area contributed by atoms with Gasteiger partial charge in [-0.1, -0.05) is 17.8 Å². The maximum absolute atomic E-state index is 6.73. The molecule has 0 aromatic carbocycles. The van der Waals surface area contributed by atoms with Crippen molar-refractivity contribution in [2.75, 3.05) is 51.7 Å². The van der Waals surface area contributed by atoms with E-state index < -0.39 is 0 Å². The SMILES string of the molecule is C=N/C(=C\N=C(C)N1CCC2(CC1)Cc1ncccc1[C@H]2N)Sc1ccnc2c1OC[C@@H]1CC(COCOC)CN21. The van der Waals surface area contributed by atoms with Gasteiger partial charge >= 0.3 is 0 Å². The van der Waals surface area contributed by atoms with Gasteiger partial charge in [0.2, 0.25) is 0 Å². The first-order valence-corrected chi connectivity index (χ1v) is 15.1. The zero-order valence-electron chi connectivity index (χ0n) is 23.9. The van der Waals surface area contributed by atoms with Crippen LogP contribution in [0.3, 0.4) is 0 Å². The number of hydrogen-bond donors (Lipinski definition) is 1. The highest BCUT2D eigenvalue weighted by molar-refractivity contribution is 8.03. The van der Waals surface area contributed by atoms with Gasteiger partial charge in [0, 0.05) is 56.8 Å². The number of aromatic nitrogens is 2. The fourth-order valence-corrected chi connectivity index (χ4v) is 7.50. The van der Waals surface area contributed by atoms with E-state index >= 15 is 0 Å². The van der Waals surface area contributed by atoms with E-state index in [9.17, 15) is 0 Å². The highest BCUT2D eigenvalue weighted by Crippen LogP contribution is 2.50. The average Bonchev–Trinajstić information content (AvgIpc) is 3.54. The number of fused-ring (bicyclic) bond motifs is 4. The number of nitrogens with zero attached hydrogens (tertiary/aromatic N) is 6. The van der Waals surface area contributed by atoms with E-state index in [0.717, 1.165) is 67.6 Å². The Bertz CT molecular complexity index is 1330. The summed E-state index contributed by atoms with van der Waals surface area (Å²) in [7, 11) is 1.64. The molecule has 11 heteroatoms. The van der Waals surface area contributed by atoms with E-state index in [4.69, 9.17) is 24.9 Å². The number of anilines is 1. The van der Waals surface area contributed by atoms with Crippen molar-refractivity contribution < 1.29 is 14.2 Å². The average molecular weight is 578 g/mol. The molecule has 0 radical (unpaired) electrons. The van der Waals surface area contributed by atoms with Crippen LogP contribution in [0.4, 0.5) is 5.82 Å². The molecule has 2 saturated heterocycles. The van der Waals surface area contributed by atoms with Crippen molar-refractivity contribution in [1.82, 2.24) is 14.9 Å². The normalized spacial score (nSPS) is 25.1. The minimum atomic E-state index is 0.0534. The Hall–Kier alpha value is -2.99. The van der Waals surface area contributed by atoms with Gasteiger partial charge in [-0.2, -0.15) is 0 Å². The zero-order chi connectivity index (χ0) is 28.4. The number of aliphatic imine (C=N–C) groups is 2. The zero-order valence-corrected chi connectivity index (χ0v) is 24.7. The predicted molar refractivity (Wildman–Crippen MR) is 162 cm³/mol. The number of nitrogens with two attached hydrogens (primary N) is 1. The number of methoxy groups -OCH3 is 1. The van der Waals surface area contributed by atoms with Crippen molar-refractivity contribution in [2.45, 2.75) is 49.6 Å². The van der Waals surface area contributed by atoms with Gasteiger partial charge in [-0.3, -0.25) is 9.98 Å². The van der Waals surface area contributed by atoms with Gasteiger partial charge in [-0.15, -0.1) is 0 Å². The molecule has 0 bridgehead atoms. The molecular formula is C30H39N7O3S. The van der Waals surface area contributed by atoms with Gasteiger partial charge < -0.3 is 29.7 Å². The van der Waals surface area contributed by atoms with E-state index in [2.05, 4.69) is 44.5 Å². The Morgan fingerprint density at radius 1 is 1.29 bits per heavy atom. The Morgan fingerprint density at radius 2 is 2.15 bits per heavy atom. The second-order valence-electron chi connectivity index (χ2n) is 11.4. The third-order valence-corrected chi connectivity index (χ3v) is 9.97. The smallest absolute Gasteiger partial charge is 0.175 e. The number of piperidine rings is 1. The van der Waals surface area contributed by atoms with Crippen molar-refractivity contribution in [1.29, 1.82) is 0 Å². The van der Waals surface area contributed by atoms with Gasteiger partial charge in [0.1, 0.15) is 24.3 Å². The molecule has 2 N–H and O–H groups in total. The highest BCUT2D eigenvalue weighted by Gasteiger charge is 2.46. The van der Waals surface area contributed by atoms with Crippen LogP contribution in [-0.4, -0.2) is 80.2 Å². The van der Waals surface area contributed by atoms with Crippen LogP contribution in [0, 0.1) is 11.3 Å². The molecule has 1 spiro atoms. The van der Waals surface area contributed by atoms with E-state index in [1.165, 1.54) is 23.0 Å². The van der Waals surface area contributed by atoms with Crippen LogP contribution in [0.1, 0.15) is 43.5 Å². The molecule has 41 heavy (non-hydrogen) atoms. The molecule has 10 nitrogen and oxygen atoms in total. The summed E-state index contributed by atoms with van der Waals surface area (Å²) in [6.07, 6.45) is 9.55. The summed E-state index contributed by atoms with van der Waals surface area (Å²) in [5, 5.41) is 0.712. The molecule has 4 aliphatic rings. The topological polar surface area (TPSA) is 111 Å². The van der Waals surface area contributed by atoms with Crippen molar-refractivity contribution in [2.24, 2.45) is 27.1 Å². The lowest BCUT2D eigenvalue weighted by Crippen LogP contribution is -2.45. The molecule has 0 saturated carbocycles. The molecule has 1 unspecified atom stereocenters. The first kappa shape index (κ1) is 28.1. The summed E-state index contributed by atoms with van der Waals surface area (Å²) >= 11 is 1.50. The molecule has 2 aromatic heterocycles. The molecule has 2 aromatic rings. The van der Waals surface area contributed by atoms with E-state index in [1.807, 2.05) is 24.5 Å². The molecule has 3 aliphatic heterocycles. The molecular weight excluding hydrogens is 538 g/mol. The fourth-order valence-electron chi connectivity index (χ4n) is 6.73. The van der Waals surface area contributed by atoms with Crippen molar-refractivity contribution in [3.63, 3.8) is 0 Å². The van der Waals surface area contributed by atoms with Crippen LogP contribution in [-0.2, 0) is 15.9 Å². The van der Waals surface area contributed by atoms with Crippen LogP contribution in [0.2, 0.25) is 0 Å².